The maximum atomic E-state index is 13.2. The molecular formula is C25H30N4O3. The highest BCUT2D eigenvalue weighted by Gasteiger charge is 2.26. The van der Waals surface area contributed by atoms with E-state index in [1.807, 2.05) is 41.4 Å². The van der Waals surface area contributed by atoms with Crippen molar-refractivity contribution in [2.45, 2.75) is 38.3 Å². The Morgan fingerprint density at radius 1 is 1.12 bits per heavy atom. The van der Waals surface area contributed by atoms with Crippen molar-refractivity contribution in [3.05, 3.63) is 54.4 Å². The number of ether oxygens (including phenoxy) is 2. The summed E-state index contributed by atoms with van der Waals surface area (Å²) in [5.74, 6) is 1.45. The summed E-state index contributed by atoms with van der Waals surface area (Å²) in [6.07, 6.45) is 8.24. The van der Waals surface area contributed by atoms with E-state index in [9.17, 15) is 4.79 Å². The molecule has 2 aromatic heterocycles. The lowest BCUT2D eigenvalue weighted by atomic mass is 9.87. The van der Waals surface area contributed by atoms with E-state index in [1.165, 1.54) is 0 Å². The summed E-state index contributed by atoms with van der Waals surface area (Å²) in [5.41, 5.74) is 9.11. The van der Waals surface area contributed by atoms with E-state index in [0.29, 0.717) is 37.8 Å². The van der Waals surface area contributed by atoms with Gasteiger partial charge in [-0.25, -0.2) is 0 Å². The summed E-state index contributed by atoms with van der Waals surface area (Å²) >= 11 is 0. The number of anilines is 1. The Morgan fingerprint density at radius 2 is 1.94 bits per heavy atom. The Morgan fingerprint density at radius 3 is 2.72 bits per heavy atom. The number of rotatable bonds is 5. The maximum Gasteiger partial charge on any atom is 0.257 e. The fraction of sp³-hybridized carbons (Fsp3) is 0.440. The number of aromatic nitrogens is 2. The smallest absolute Gasteiger partial charge is 0.257 e. The number of hydrogen-bond donors (Lipinski definition) is 1. The summed E-state index contributed by atoms with van der Waals surface area (Å²) in [6.45, 7) is 3.35. The molecule has 5 rings (SSSR count). The molecule has 0 atom stereocenters. The van der Waals surface area contributed by atoms with Crippen molar-refractivity contribution < 1.29 is 14.3 Å². The van der Waals surface area contributed by atoms with Crippen LogP contribution >= 0.6 is 0 Å². The van der Waals surface area contributed by atoms with Gasteiger partial charge in [-0.15, -0.1) is 0 Å². The predicted molar refractivity (Wildman–Crippen MR) is 124 cm³/mol. The second-order valence-electron chi connectivity index (χ2n) is 8.80. The van der Waals surface area contributed by atoms with Crippen LogP contribution in [0.3, 0.4) is 0 Å². The number of hydrogen-bond acceptors (Lipinski definition) is 5. The highest BCUT2D eigenvalue weighted by Crippen LogP contribution is 2.31. The number of amides is 1. The van der Waals surface area contributed by atoms with Gasteiger partial charge in [-0.05, 0) is 55.9 Å². The van der Waals surface area contributed by atoms with E-state index < -0.39 is 0 Å². The third-order valence-electron chi connectivity index (χ3n) is 6.57. The van der Waals surface area contributed by atoms with E-state index in [-0.39, 0.29) is 12.0 Å². The van der Waals surface area contributed by atoms with Gasteiger partial charge in [-0.2, -0.15) is 0 Å². The Balaban J connectivity index is 1.26. The first kappa shape index (κ1) is 20.8. The average Bonchev–Trinajstić information content (AvgIpc) is 3.19. The molecule has 2 aliphatic rings. The zero-order chi connectivity index (χ0) is 21.9. The molecule has 1 aliphatic heterocycles. The largest absolute Gasteiger partial charge is 0.490 e. The normalized spacial score (nSPS) is 21.6. The van der Waals surface area contributed by atoms with Gasteiger partial charge in [0.1, 0.15) is 11.3 Å². The fourth-order valence-corrected chi connectivity index (χ4v) is 4.86. The molecular weight excluding hydrogens is 404 g/mol. The van der Waals surface area contributed by atoms with Crippen LogP contribution in [0.1, 0.15) is 36.0 Å². The Kier molecular flexibility index (Phi) is 5.99. The van der Waals surface area contributed by atoms with Crippen molar-refractivity contribution in [2.24, 2.45) is 5.92 Å². The third-order valence-corrected chi connectivity index (χ3v) is 6.57. The zero-order valence-electron chi connectivity index (χ0n) is 18.3. The number of nitrogens with two attached hydrogens (primary N) is 1. The minimum atomic E-state index is 0.0509. The summed E-state index contributed by atoms with van der Waals surface area (Å²) in [7, 11) is 0. The number of pyridine rings is 1. The minimum absolute atomic E-state index is 0.0509. The molecule has 0 bridgehead atoms. The lowest BCUT2D eigenvalue weighted by Crippen LogP contribution is -2.40. The van der Waals surface area contributed by atoms with E-state index in [2.05, 4.69) is 15.6 Å². The van der Waals surface area contributed by atoms with Crippen LogP contribution in [0.4, 0.5) is 5.69 Å². The summed E-state index contributed by atoms with van der Waals surface area (Å²) < 4.78 is 13.8. The molecule has 7 nitrogen and oxygen atoms in total. The number of benzene rings is 1. The molecule has 1 saturated carbocycles. The quantitative estimate of drug-likeness (QED) is 0.619. The van der Waals surface area contributed by atoms with Gasteiger partial charge < -0.3 is 24.7 Å². The highest BCUT2D eigenvalue weighted by atomic mass is 16.5. The standard InChI is InChI=1S/C25H30N4O3/c26-19-3-1-4-21(15-19)32-20-8-6-18(7-9-20)16-29-17-22(24-23(29)5-2-10-27-24)25(30)28-11-13-31-14-12-28/h1-5,10,15,17-18,20H,6-9,11-14,16,26H2. The number of fused-ring (bicyclic) bond motifs is 1. The van der Waals surface area contributed by atoms with Crippen molar-refractivity contribution in [3.63, 3.8) is 0 Å². The molecule has 32 heavy (non-hydrogen) atoms. The van der Waals surface area contributed by atoms with E-state index in [1.54, 1.807) is 6.20 Å². The van der Waals surface area contributed by atoms with Gasteiger partial charge in [0.05, 0.1) is 30.4 Å². The summed E-state index contributed by atoms with van der Waals surface area (Å²) in [6, 6.07) is 11.7. The van der Waals surface area contributed by atoms with Crippen LogP contribution in [0.15, 0.2) is 48.8 Å². The molecule has 1 saturated heterocycles. The molecule has 3 heterocycles. The minimum Gasteiger partial charge on any atom is -0.490 e. The van der Waals surface area contributed by atoms with Crippen LogP contribution in [-0.2, 0) is 11.3 Å². The summed E-state index contributed by atoms with van der Waals surface area (Å²) in [5, 5.41) is 0. The second kappa shape index (κ2) is 9.20. The molecule has 3 aromatic rings. The molecule has 2 fully saturated rings. The van der Waals surface area contributed by atoms with Gasteiger partial charge >= 0.3 is 0 Å². The van der Waals surface area contributed by atoms with Crippen molar-refractivity contribution in [2.75, 3.05) is 32.0 Å². The zero-order valence-corrected chi connectivity index (χ0v) is 18.3. The van der Waals surface area contributed by atoms with Gasteiger partial charge in [-0.3, -0.25) is 9.78 Å². The fourth-order valence-electron chi connectivity index (χ4n) is 4.86. The number of carbonyl (C=O) groups excluding carboxylic acids is 1. The van der Waals surface area contributed by atoms with Crippen molar-refractivity contribution in [1.82, 2.24) is 14.5 Å². The van der Waals surface area contributed by atoms with Gasteiger partial charge in [0.15, 0.2) is 0 Å². The third kappa shape index (κ3) is 4.43. The van der Waals surface area contributed by atoms with Crippen LogP contribution in [0.2, 0.25) is 0 Å². The molecule has 168 valence electrons. The molecule has 7 heteroatoms. The van der Waals surface area contributed by atoms with E-state index >= 15 is 0 Å². The monoisotopic (exact) mass is 434 g/mol. The molecule has 1 aliphatic carbocycles. The number of carbonyl (C=O) groups is 1. The lowest BCUT2D eigenvalue weighted by Gasteiger charge is -2.29. The first-order valence-electron chi connectivity index (χ1n) is 11.5. The molecule has 1 aromatic carbocycles. The first-order valence-corrected chi connectivity index (χ1v) is 11.5. The number of nitrogen functional groups attached to an aromatic ring is 1. The molecule has 0 spiro atoms. The van der Waals surface area contributed by atoms with Gasteiger partial charge in [0, 0.05) is 43.8 Å². The van der Waals surface area contributed by atoms with E-state index in [4.69, 9.17) is 15.2 Å². The van der Waals surface area contributed by atoms with Crippen LogP contribution in [-0.4, -0.2) is 52.8 Å². The number of morpholine rings is 1. The van der Waals surface area contributed by atoms with Gasteiger partial charge in [0.2, 0.25) is 0 Å². The molecule has 2 N–H and O–H groups in total. The maximum absolute atomic E-state index is 13.2. The Hall–Kier alpha value is -3.06. The SMILES string of the molecule is Nc1cccc(OC2CCC(Cn3cc(C(=O)N4CCOCC4)c4ncccc43)CC2)c1. The molecule has 0 radical (unpaired) electrons. The predicted octanol–water partition coefficient (Wildman–Crippen LogP) is 3.73. The van der Waals surface area contributed by atoms with Crippen LogP contribution in [0.25, 0.3) is 11.0 Å². The first-order chi connectivity index (χ1) is 15.7. The van der Waals surface area contributed by atoms with Crippen molar-refractivity contribution >= 4 is 22.6 Å². The van der Waals surface area contributed by atoms with Crippen LogP contribution in [0, 0.1) is 5.92 Å². The average molecular weight is 435 g/mol. The second-order valence-corrected chi connectivity index (χ2v) is 8.80. The molecule has 0 unspecified atom stereocenters. The summed E-state index contributed by atoms with van der Waals surface area (Å²) in [4.78, 5) is 19.6. The van der Waals surface area contributed by atoms with Crippen molar-refractivity contribution in [1.29, 1.82) is 0 Å². The van der Waals surface area contributed by atoms with Gasteiger partial charge in [0.25, 0.3) is 5.91 Å². The van der Waals surface area contributed by atoms with E-state index in [0.717, 1.165) is 54.7 Å². The lowest BCUT2D eigenvalue weighted by molar-refractivity contribution is 0.0304. The molecule has 1 amide bonds. The number of nitrogens with zero attached hydrogens (tertiary/aromatic N) is 3. The van der Waals surface area contributed by atoms with Crippen LogP contribution < -0.4 is 10.5 Å². The van der Waals surface area contributed by atoms with Crippen LogP contribution in [0.5, 0.6) is 5.75 Å². The van der Waals surface area contributed by atoms with Crippen molar-refractivity contribution in [3.8, 4) is 5.75 Å². The highest BCUT2D eigenvalue weighted by molar-refractivity contribution is 6.05. The van der Waals surface area contributed by atoms with Gasteiger partial charge in [-0.1, -0.05) is 6.07 Å². The Labute approximate surface area is 188 Å². The Bertz CT molecular complexity index is 1080. The topological polar surface area (TPSA) is 82.6 Å².